The van der Waals surface area contributed by atoms with Crippen molar-refractivity contribution in [1.82, 2.24) is 4.90 Å². The number of para-hydroxylation sites is 1. The van der Waals surface area contributed by atoms with Crippen molar-refractivity contribution in [2.75, 3.05) is 44.2 Å². The molecule has 1 heterocycles. The number of fused-ring (bicyclic) bond motifs is 1. The fraction of sp³-hybridized carbons (Fsp3) is 0.478. The van der Waals surface area contributed by atoms with Crippen molar-refractivity contribution in [1.29, 1.82) is 0 Å². The minimum Gasteiger partial charge on any atom is -0.493 e. The van der Waals surface area contributed by atoms with Crippen molar-refractivity contribution in [2.24, 2.45) is 0 Å². The molecule has 1 fully saturated rings. The molecule has 0 N–H and O–H groups in total. The molecule has 1 aliphatic carbocycles. The average molecular weight is 387 g/mol. The Bertz CT molecular complexity index is 727. The smallest absolute Gasteiger partial charge is 0.122 e. The molecule has 0 bridgehead atoms. The zero-order chi connectivity index (χ0) is 17.8. The second-order valence-electron chi connectivity index (χ2n) is 7.61. The van der Waals surface area contributed by atoms with Crippen LogP contribution in [0.25, 0.3) is 0 Å². The number of halogens is 1. The lowest BCUT2D eigenvalue weighted by Gasteiger charge is -2.36. The third kappa shape index (κ3) is 4.97. The van der Waals surface area contributed by atoms with Crippen molar-refractivity contribution in [3.8, 4) is 5.75 Å². The zero-order valence-electron chi connectivity index (χ0n) is 16.3. The Morgan fingerprint density at radius 3 is 2.37 bits per heavy atom. The number of anilines is 1. The van der Waals surface area contributed by atoms with E-state index < -0.39 is 0 Å². The molecular weight excluding hydrogens is 356 g/mol. The van der Waals surface area contributed by atoms with Crippen molar-refractivity contribution in [3.05, 3.63) is 59.2 Å². The van der Waals surface area contributed by atoms with Gasteiger partial charge >= 0.3 is 0 Å². The number of piperazine rings is 1. The lowest BCUT2D eigenvalue weighted by Crippen LogP contribution is -2.46. The quantitative estimate of drug-likeness (QED) is 0.680. The monoisotopic (exact) mass is 386 g/mol. The van der Waals surface area contributed by atoms with Gasteiger partial charge in [0.25, 0.3) is 0 Å². The number of hydrogen-bond acceptors (Lipinski definition) is 3. The minimum atomic E-state index is 0. The molecule has 4 rings (SSSR count). The van der Waals surface area contributed by atoms with E-state index in [2.05, 4.69) is 59.2 Å². The number of rotatable bonds is 6. The molecule has 0 saturated carbocycles. The van der Waals surface area contributed by atoms with Crippen LogP contribution in [0.15, 0.2) is 42.5 Å². The SMILES string of the molecule is Cc1cc2c(cc1OCCCN1CCN(c3ccccc3)CC1)CCC2.Cl. The molecule has 0 unspecified atom stereocenters. The summed E-state index contributed by atoms with van der Waals surface area (Å²) in [6, 6.07) is 15.4. The molecule has 0 aromatic heterocycles. The first-order valence-corrected chi connectivity index (χ1v) is 10.1. The highest BCUT2D eigenvalue weighted by molar-refractivity contribution is 5.85. The molecule has 2 aliphatic rings. The van der Waals surface area contributed by atoms with E-state index in [1.165, 1.54) is 41.6 Å². The highest BCUT2D eigenvalue weighted by Crippen LogP contribution is 2.29. The van der Waals surface area contributed by atoms with Gasteiger partial charge in [0.2, 0.25) is 0 Å². The molecule has 1 aliphatic heterocycles. The van der Waals surface area contributed by atoms with Crippen LogP contribution in [0.3, 0.4) is 0 Å². The maximum Gasteiger partial charge on any atom is 0.122 e. The second-order valence-corrected chi connectivity index (χ2v) is 7.61. The van der Waals surface area contributed by atoms with Gasteiger partial charge in [-0.25, -0.2) is 0 Å². The van der Waals surface area contributed by atoms with Gasteiger partial charge < -0.3 is 9.64 Å². The Labute approximate surface area is 169 Å². The van der Waals surface area contributed by atoms with Crippen LogP contribution in [-0.4, -0.2) is 44.2 Å². The Hall–Kier alpha value is -1.71. The van der Waals surface area contributed by atoms with Crippen LogP contribution in [0.1, 0.15) is 29.5 Å². The van der Waals surface area contributed by atoms with Gasteiger partial charge in [-0.1, -0.05) is 24.3 Å². The molecule has 1 saturated heterocycles. The van der Waals surface area contributed by atoms with Crippen molar-refractivity contribution in [2.45, 2.75) is 32.6 Å². The summed E-state index contributed by atoms with van der Waals surface area (Å²) < 4.78 is 6.11. The number of hydrogen-bond donors (Lipinski definition) is 0. The van der Waals surface area contributed by atoms with E-state index in [4.69, 9.17) is 4.74 Å². The Kier molecular flexibility index (Phi) is 7.03. The van der Waals surface area contributed by atoms with Gasteiger partial charge in [-0.05, 0) is 67.5 Å². The third-order valence-electron chi connectivity index (χ3n) is 5.76. The van der Waals surface area contributed by atoms with E-state index in [1.54, 1.807) is 0 Å². The first kappa shape index (κ1) is 20.0. The standard InChI is InChI=1S/C23H30N2O.ClH/c1-19-17-20-7-5-8-21(20)18-23(19)26-16-6-11-24-12-14-25(15-13-24)22-9-3-2-4-10-22;/h2-4,9-10,17-18H,5-8,11-16H2,1H3;1H. The van der Waals surface area contributed by atoms with E-state index >= 15 is 0 Å². The van der Waals surface area contributed by atoms with Gasteiger partial charge in [-0.2, -0.15) is 0 Å². The molecule has 0 atom stereocenters. The van der Waals surface area contributed by atoms with Crippen molar-refractivity contribution < 1.29 is 4.74 Å². The van der Waals surface area contributed by atoms with Crippen LogP contribution < -0.4 is 9.64 Å². The summed E-state index contributed by atoms with van der Waals surface area (Å²) in [7, 11) is 0. The first-order valence-electron chi connectivity index (χ1n) is 10.1. The van der Waals surface area contributed by atoms with Crippen LogP contribution in [0.5, 0.6) is 5.75 Å². The van der Waals surface area contributed by atoms with Gasteiger partial charge in [0.1, 0.15) is 5.75 Å². The molecule has 3 nitrogen and oxygen atoms in total. The maximum atomic E-state index is 6.11. The second kappa shape index (κ2) is 9.48. The lowest BCUT2D eigenvalue weighted by molar-refractivity contribution is 0.224. The van der Waals surface area contributed by atoms with Crippen LogP contribution in [0.2, 0.25) is 0 Å². The minimum absolute atomic E-state index is 0. The number of nitrogens with zero attached hydrogens (tertiary/aromatic N) is 2. The summed E-state index contributed by atoms with van der Waals surface area (Å²) in [5.41, 5.74) is 5.68. The van der Waals surface area contributed by atoms with Crippen LogP contribution in [0.4, 0.5) is 5.69 Å². The summed E-state index contributed by atoms with van der Waals surface area (Å²) >= 11 is 0. The first-order chi connectivity index (χ1) is 12.8. The Morgan fingerprint density at radius 2 is 1.63 bits per heavy atom. The summed E-state index contributed by atoms with van der Waals surface area (Å²) in [6.45, 7) is 8.66. The topological polar surface area (TPSA) is 15.7 Å². The van der Waals surface area contributed by atoms with Gasteiger partial charge in [-0.3, -0.25) is 4.90 Å². The van der Waals surface area contributed by atoms with Crippen molar-refractivity contribution >= 4 is 18.1 Å². The van der Waals surface area contributed by atoms with E-state index in [-0.39, 0.29) is 12.4 Å². The van der Waals surface area contributed by atoms with Crippen LogP contribution in [0, 0.1) is 6.92 Å². The molecule has 0 radical (unpaired) electrons. The van der Waals surface area contributed by atoms with E-state index in [1.807, 2.05) is 0 Å². The Morgan fingerprint density at radius 1 is 0.926 bits per heavy atom. The van der Waals surface area contributed by atoms with Gasteiger partial charge in [0.05, 0.1) is 6.61 Å². The summed E-state index contributed by atoms with van der Waals surface area (Å²) in [5.74, 6) is 1.10. The molecular formula is C23H31ClN2O. The fourth-order valence-electron chi connectivity index (χ4n) is 4.22. The molecule has 0 amide bonds. The third-order valence-corrected chi connectivity index (χ3v) is 5.76. The number of aryl methyl sites for hydroxylation is 3. The van der Waals surface area contributed by atoms with Gasteiger partial charge in [0.15, 0.2) is 0 Å². The highest BCUT2D eigenvalue weighted by atomic mass is 35.5. The molecule has 146 valence electrons. The molecule has 27 heavy (non-hydrogen) atoms. The van der Waals surface area contributed by atoms with E-state index in [0.29, 0.717) is 0 Å². The average Bonchev–Trinajstić information content (AvgIpc) is 3.13. The fourth-order valence-corrected chi connectivity index (χ4v) is 4.22. The van der Waals surface area contributed by atoms with E-state index in [0.717, 1.165) is 51.5 Å². The van der Waals surface area contributed by atoms with Gasteiger partial charge in [-0.15, -0.1) is 12.4 Å². The predicted octanol–water partition coefficient (Wildman–Crippen LogP) is 4.50. The summed E-state index contributed by atoms with van der Waals surface area (Å²) in [6.07, 6.45) is 4.86. The largest absolute Gasteiger partial charge is 0.493 e. The van der Waals surface area contributed by atoms with Crippen molar-refractivity contribution in [3.63, 3.8) is 0 Å². The molecule has 4 heteroatoms. The summed E-state index contributed by atoms with van der Waals surface area (Å²) in [5, 5.41) is 0. The molecule has 0 spiro atoms. The molecule has 2 aromatic carbocycles. The normalized spacial score (nSPS) is 16.7. The molecule has 2 aromatic rings. The number of benzene rings is 2. The predicted molar refractivity (Wildman–Crippen MR) is 116 cm³/mol. The Balaban J connectivity index is 0.00000210. The highest BCUT2D eigenvalue weighted by Gasteiger charge is 2.17. The summed E-state index contributed by atoms with van der Waals surface area (Å²) in [4.78, 5) is 5.05. The van der Waals surface area contributed by atoms with Crippen LogP contribution in [-0.2, 0) is 12.8 Å². The number of ether oxygens (including phenoxy) is 1. The van der Waals surface area contributed by atoms with Crippen LogP contribution >= 0.6 is 12.4 Å². The van der Waals surface area contributed by atoms with Gasteiger partial charge in [0, 0.05) is 38.4 Å². The maximum absolute atomic E-state index is 6.11. The van der Waals surface area contributed by atoms with E-state index in [9.17, 15) is 0 Å². The lowest BCUT2D eigenvalue weighted by atomic mass is 10.1. The zero-order valence-corrected chi connectivity index (χ0v) is 17.1.